The number of quaternary nitrogens is 1. The first-order chi connectivity index (χ1) is 7.27. The summed E-state index contributed by atoms with van der Waals surface area (Å²) in [6, 6.07) is 3.28. The van der Waals surface area contributed by atoms with Crippen LogP contribution in [0.3, 0.4) is 0 Å². The molecule has 4 nitrogen and oxygen atoms in total. The van der Waals surface area contributed by atoms with Gasteiger partial charge in [0.15, 0.2) is 0 Å². The van der Waals surface area contributed by atoms with Gasteiger partial charge in [0.1, 0.15) is 13.2 Å². The second kappa shape index (κ2) is 6.24. The maximum atomic E-state index is 11.3. The Morgan fingerprint density at radius 3 is 2.73 bits per heavy atom. The fraction of sp³-hybridized carbons (Fsp3) is 0.545. The molecule has 84 valence electrons. The summed E-state index contributed by atoms with van der Waals surface area (Å²) in [5, 5.41) is 0. The lowest BCUT2D eigenvalue weighted by atomic mass is 10.4. The first-order valence-electron chi connectivity index (χ1n) is 5.32. The minimum absolute atomic E-state index is 0.268. The molecule has 0 unspecified atom stereocenters. The number of carbonyl (C=O) groups is 1. The van der Waals surface area contributed by atoms with Gasteiger partial charge >= 0.3 is 5.97 Å². The van der Waals surface area contributed by atoms with Gasteiger partial charge in [-0.1, -0.05) is 0 Å². The Bertz CT molecular complexity index is 278. The molecule has 0 radical (unpaired) electrons. The zero-order chi connectivity index (χ0) is 11.1. The van der Waals surface area contributed by atoms with Crippen molar-refractivity contribution in [1.29, 1.82) is 0 Å². The third-order valence-corrected chi connectivity index (χ3v) is 2.41. The van der Waals surface area contributed by atoms with E-state index in [1.54, 1.807) is 12.1 Å². The van der Waals surface area contributed by atoms with Crippen molar-refractivity contribution in [3.63, 3.8) is 0 Å². The fourth-order valence-corrected chi connectivity index (χ4v) is 1.36. The van der Waals surface area contributed by atoms with Crippen molar-refractivity contribution in [2.24, 2.45) is 0 Å². The van der Waals surface area contributed by atoms with Crippen molar-refractivity contribution in [2.45, 2.75) is 13.8 Å². The molecule has 1 rings (SSSR count). The van der Waals surface area contributed by atoms with Crippen LogP contribution < -0.4 is 4.90 Å². The smallest absolute Gasteiger partial charge is 0.374 e. The third-order valence-electron chi connectivity index (χ3n) is 2.41. The van der Waals surface area contributed by atoms with E-state index in [1.165, 1.54) is 11.2 Å². The van der Waals surface area contributed by atoms with Gasteiger partial charge in [-0.05, 0) is 26.0 Å². The Morgan fingerprint density at radius 1 is 1.47 bits per heavy atom. The number of rotatable bonds is 6. The maximum Gasteiger partial charge on any atom is 0.374 e. The number of carbonyl (C=O) groups excluding carboxylic acids is 1. The predicted molar refractivity (Wildman–Crippen MR) is 55.9 cm³/mol. The van der Waals surface area contributed by atoms with Gasteiger partial charge in [0, 0.05) is 0 Å². The van der Waals surface area contributed by atoms with E-state index in [1.807, 2.05) is 0 Å². The molecule has 1 aromatic heterocycles. The molecule has 0 spiro atoms. The molecule has 0 aliphatic carbocycles. The lowest BCUT2D eigenvalue weighted by Gasteiger charge is -2.14. The molecule has 0 amide bonds. The molecule has 1 aromatic rings. The van der Waals surface area contributed by atoms with Gasteiger partial charge in [-0.15, -0.1) is 0 Å². The van der Waals surface area contributed by atoms with E-state index < -0.39 is 0 Å². The van der Waals surface area contributed by atoms with Crippen molar-refractivity contribution in [2.75, 3.05) is 26.2 Å². The van der Waals surface area contributed by atoms with E-state index in [0.29, 0.717) is 6.61 Å². The zero-order valence-electron chi connectivity index (χ0n) is 9.29. The molecular formula is C11H18NO3+. The number of ether oxygens (including phenoxy) is 1. The number of likely N-dealkylation sites (N-methyl/N-ethyl adjacent to an activating group) is 1. The second-order valence-corrected chi connectivity index (χ2v) is 3.32. The second-order valence-electron chi connectivity index (χ2n) is 3.32. The predicted octanol–water partition coefficient (Wildman–Crippen LogP) is 0.361. The summed E-state index contributed by atoms with van der Waals surface area (Å²) in [6.45, 7) is 7.62. The van der Waals surface area contributed by atoms with E-state index in [4.69, 9.17) is 9.15 Å². The minimum Gasteiger partial charge on any atom is -0.457 e. The number of esters is 1. The number of hydrogen-bond acceptors (Lipinski definition) is 3. The Morgan fingerprint density at radius 2 is 2.20 bits per heavy atom. The number of hydrogen-bond donors (Lipinski definition) is 1. The summed E-state index contributed by atoms with van der Waals surface area (Å²) in [5.74, 6) is -0.115. The Labute approximate surface area is 89.8 Å². The Hall–Kier alpha value is -1.29. The lowest BCUT2D eigenvalue weighted by Crippen LogP contribution is -3.11. The van der Waals surface area contributed by atoms with Gasteiger partial charge in [0.2, 0.25) is 5.76 Å². The van der Waals surface area contributed by atoms with Gasteiger partial charge in [0.05, 0.1) is 19.4 Å². The zero-order valence-corrected chi connectivity index (χ0v) is 9.29. The monoisotopic (exact) mass is 212 g/mol. The van der Waals surface area contributed by atoms with Crippen LogP contribution in [0.15, 0.2) is 22.8 Å². The van der Waals surface area contributed by atoms with Crippen LogP contribution in [-0.2, 0) is 4.74 Å². The van der Waals surface area contributed by atoms with E-state index in [9.17, 15) is 4.79 Å². The van der Waals surface area contributed by atoms with Crippen LogP contribution in [0.5, 0.6) is 0 Å². The summed E-state index contributed by atoms with van der Waals surface area (Å²) < 4.78 is 9.99. The number of furan rings is 1. The average molecular weight is 212 g/mol. The highest BCUT2D eigenvalue weighted by atomic mass is 16.5. The molecule has 0 saturated heterocycles. The van der Waals surface area contributed by atoms with Gasteiger partial charge in [-0.3, -0.25) is 0 Å². The molecule has 0 fully saturated rings. The summed E-state index contributed by atoms with van der Waals surface area (Å²) in [6.07, 6.45) is 1.46. The summed E-state index contributed by atoms with van der Waals surface area (Å²) in [4.78, 5) is 12.8. The Balaban J connectivity index is 2.23. The molecule has 0 bridgehead atoms. The molecule has 0 aliphatic rings. The molecule has 0 saturated carbocycles. The standard InChI is InChI=1S/C11H17NO3/c1-3-12(4-2)7-9-15-11(13)10-6-5-8-14-10/h5-6,8H,3-4,7,9H2,1-2H3/p+1. The van der Waals surface area contributed by atoms with E-state index >= 15 is 0 Å². The van der Waals surface area contributed by atoms with Crippen LogP contribution in [0.25, 0.3) is 0 Å². The molecule has 0 aromatic carbocycles. The largest absolute Gasteiger partial charge is 0.457 e. The number of nitrogens with one attached hydrogen (secondary N) is 1. The van der Waals surface area contributed by atoms with E-state index in [0.717, 1.165) is 19.6 Å². The fourth-order valence-electron chi connectivity index (χ4n) is 1.36. The highest BCUT2D eigenvalue weighted by Crippen LogP contribution is 2.01. The van der Waals surface area contributed by atoms with Gasteiger partial charge in [-0.2, -0.15) is 0 Å². The summed E-state index contributed by atoms with van der Waals surface area (Å²) >= 11 is 0. The van der Waals surface area contributed by atoms with E-state index in [2.05, 4.69) is 13.8 Å². The first-order valence-corrected chi connectivity index (χ1v) is 5.32. The van der Waals surface area contributed by atoms with Crippen LogP contribution in [0.4, 0.5) is 0 Å². The molecule has 0 atom stereocenters. The van der Waals surface area contributed by atoms with Crippen LogP contribution in [0, 0.1) is 0 Å². The summed E-state index contributed by atoms with van der Waals surface area (Å²) in [7, 11) is 0. The maximum absolute atomic E-state index is 11.3. The van der Waals surface area contributed by atoms with Crippen LogP contribution in [0.2, 0.25) is 0 Å². The summed E-state index contributed by atoms with van der Waals surface area (Å²) in [5.41, 5.74) is 0. The quantitative estimate of drug-likeness (QED) is 0.692. The van der Waals surface area contributed by atoms with E-state index in [-0.39, 0.29) is 11.7 Å². The molecule has 0 aliphatic heterocycles. The van der Waals surface area contributed by atoms with Crippen molar-refractivity contribution in [3.05, 3.63) is 24.2 Å². The van der Waals surface area contributed by atoms with Gasteiger partial charge in [-0.25, -0.2) is 4.79 Å². The first kappa shape index (κ1) is 11.8. The van der Waals surface area contributed by atoms with Crippen molar-refractivity contribution < 1.29 is 18.8 Å². The lowest BCUT2D eigenvalue weighted by molar-refractivity contribution is -0.896. The third kappa shape index (κ3) is 3.75. The van der Waals surface area contributed by atoms with Crippen molar-refractivity contribution in [3.8, 4) is 0 Å². The SMILES string of the molecule is CC[NH+](CC)CCOC(=O)c1ccco1. The van der Waals surface area contributed by atoms with Gasteiger partial charge < -0.3 is 14.1 Å². The molecule has 1 N–H and O–H groups in total. The van der Waals surface area contributed by atoms with Crippen molar-refractivity contribution in [1.82, 2.24) is 0 Å². The average Bonchev–Trinajstić information content (AvgIpc) is 2.77. The van der Waals surface area contributed by atoms with Crippen LogP contribution >= 0.6 is 0 Å². The highest BCUT2D eigenvalue weighted by Gasteiger charge is 2.10. The molecule has 1 heterocycles. The van der Waals surface area contributed by atoms with Crippen LogP contribution in [0.1, 0.15) is 24.4 Å². The minimum atomic E-state index is -0.383. The van der Waals surface area contributed by atoms with Crippen molar-refractivity contribution >= 4 is 5.97 Å². The Kier molecular flexibility index (Phi) is 4.90. The molecular weight excluding hydrogens is 194 g/mol. The van der Waals surface area contributed by atoms with Crippen LogP contribution in [-0.4, -0.2) is 32.2 Å². The topological polar surface area (TPSA) is 43.9 Å². The van der Waals surface area contributed by atoms with Gasteiger partial charge in [0.25, 0.3) is 0 Å². The highest BCUT2D eigenvalue weighted by molar-refractivity contribution is 5.86. The molecule has 4 heteroatoms. The normalized spacial score (nSPS) is 10.6. The molecule has 15 heavy (non-hydrogen) atoms.